The van der Waals surface area contributed by atoms with Crippen molar-refractivity contribution in [3.63, 3.8) is 0 Å². The summed E-state index contributed by atoms with van der Waals surface area (Å²) in [5.41, 5.74) is 2.35. The van der Waals surface area contributed by atoms with Crippen molar-refractivity contribution in [1.29, 1.82) is 0 Å². The van der Waals surface area contributed by atoms with E-state index in [0.717, 1.165) is 71.7 Å². The molecule has 0 aromatic carbocycles. The molecule has 0 atom stereocenters. The number of aromatic amines is 1. The van der Waals surface area contributed by atoms with Gasteiger partial charge in [-0.2, -0.15) is 0 Å². The Morgan fingerprint density at radius 3 is 2.77 bits per heavy atom. The fourth-order valence-corrected chi connectivity index (χ4v) is 5.14. The van der Waals surface area contributed by atoms with Crippen LogP contribution in [0.3, 0.4) is 0 Å². The first-order valence-electron chi connectivity index (χ1n) is 11.0. The summed E-state index contributed by atoms with van der Waals surface area (Å²) in [7, 11) is 0. The van der Waals surface area contributed by atoms with E-state index >= 15 is 0 Å². The highest BCUT2D eigenvalue weighted by Gasteiger charge is 2.25. The molecule has 0 saturated carbocycles. The van der Waals surface area contributed by atoms with E-state index in [4.69, 9.17) is 0 Å². The highest BCUT2D eigenvalue weighted by molar-refractivity contribution is 7.13. The molecular weight excluding hydrogens is 410 g/mol. The second-order valence-electron chi connectivity index (χ2n) is 8.28. The van der Waals surface area contributed by atoms with Crippen molar-refractivity contribution in [2.45, 2.75) is 46.0 Å². The normalized spacial score (nSPS) is 14.8. The van der Waals surface area contributed by atoms with Gasteiger partial charge in [0.15, 0.2) is 0 Å². The summed E-state index contributed by atoms with van der Waals surface area (Å²) >= 11 is 1.50. The van der Waals surface area contributed by atoms with Crippen LogP contribution in [0.1, 0.15) is 63.0 Å². The van der Waals surface area contributed by atoms with Gasteiger partial charge in [0.2, 0.25) is 0 Å². The maximum absolute atomic E-state index is 12.7. The average Bonchev–Trinajstić information content (AvgIpc) is 3.36. The Balaban J connectivity index is 1.14. The summed E-state index contributed by atoms with van der Waals surface area (Å²) < 4.78 is 0. The van der Waals surface area contributed by atoms with Gasteiger partial charge in [-0.15, -0.1) is 11.3 Å². The van der Waals surface area contributed by atoms with E-state index in [1.54, 1.807) is 12.4 Å². The first kappa shape index (κ1) is 21.5. The van der Waals surface area contributed by atoms with Gasteiger partial charge in [-0.05, 0) is 51.2 Å². The van der Waals surface area contributed by atoms with Crippen LogP contribution < -0.4 is 5.32 Å². The van der Waals surface area contributed by atoms with E-state index in [1.807, 2.05) is 30.9 Å². The minimum Gasteiger partial charge on any atom is -0.351 e. The average molecular weight is 440 g/mol. The molecular formula is C23H29N5O2S. The van der Waals surface area contributed by atoms with Gasteiger partial charge in [-0.1, -0.05) is 12.8 Å². The fraction of sp³-hybridized carbons (Fsp3) is 0.478. The molecule has 164 valence electrons. The molecule has 1 saturated heterocycles. The molecule has 0 spiro atoms. The number of pyridine rings is 1. The van der Waals surface area contributed by atoms with Crippen LogP contribution in [-0.4, -0.2) is 51.3 Å². The van der Waals surface area contributed by atoms with Crippen molar-refractivity contribution >= 4 is 34.1 Å². The van der Waals surface area contributed by atoms with Crippen molar-refractivity contribution in [2.75, 3.05) is 19.6 Å². The van der Waals surface area contributed by atoms with Gasteiger partial charge in [-0.3, -0.25) is 14.6 Å². The second-order valence-corrected chi connectivity index (χ2v) is 9.48. The number of nitrogens with one attached hydrogen (secondary N) is 2. The van der Waals surface area contributed by atoms with E-state index in [-0.39, 0.29) is 11.8 Å². The lowest BCUT2D eigenvalue weighted by molar-refractivity contribution is 0.0689. The molecule has 4 heterocycles. The first-order valence-corrected chi connectivity index (χ1v) is 11.8. The number of aromatic nitrogens is 3. The lowest BCUT2D eigenvalue weighted by atomic mass is 9.91. The third kappa shape index (κ3) is 5.12. The predicted molar refractivity (Wildman–Crippen MR) is 122 cm³/mol. The third-order valence-corrected chi connectivity index (χ3v) is 7.05. The van der Waals surface area contributed by atoms with Crippen LogP contribution in [0.15, 0.2) is 24.5 Å². The number of H-pyrrole nitrogens is 1. The molecule has 0 radical (unpaired) electrons. The quantitative estimate of drug-likeness (QED) is 0.543. The monoisotopic (exact) mass is 439 g/mol. The van der Waals surface area contributed by atoms with Crippen LogP contribution in [0.25, 0.3) is 10.9 Å². The van der Waals surface area contributed by atoms with Gasteiger partial charge in [0.05, 0.1) is 10.7 Å². The second kappa shape index (κ2) is 9.60. The third-order valence-electron chi connectivity index (χ3n) is 5.99. The number of carbonyl (C=O) groups is 2. The SMILES string of the molecule is Cc1nc(C)c(C(=O)N2CCC(CCCCNC(=O)c3cc4cnccc4[nH]3)CC2)s1. The van der Waals surface area contributed by atoms with Crippen molar-refractivity contribution in [3.05, 3.63) is 45.8 Å². The Hall–Kier alpha value is -2.74. The molecule has 4 rings (SSSR count). The molecule has 0 aliphatic carbocycles. The van der Waals surface area contributed by atoms with Crippen LogP contribution in [0, 0.1) is 19.8 Å². The molecule has 0 unspecified atom stereocenters. The summed E-state index contributed by atoms with van der Waals surface area (Å²) in [4.78, 5) is 39.4. The number of hydrogen-bond acceptors (Lipinski definition) is 5. The van der Waals surface area contributed by atoms with E-state index in [1.165, 1.54) is 11.3 Å². The van der Waals surface area contributed by atoms with Crippen molar-refractivity contribution < 1.29 is 9.59 Å². The summed E-state index contributed by atoms with van der Waals surface area (Å²) in [5.74, 6) is 0.721. The van der Waals surface area contributed by atoms with Crippen LogP contribution in [-0.2, 0) is 0 Å². The zero-order valence-electron chi connectivity index (χ0n) is 18.1. The lowest BCUT2D eigenvalue weighted by Gasteiger charge is -2.32. The van der Waals surface area contributed by atoms with E-state index in [2.05, 4.69) is 20.3 Å². The minimum atomic E-state index is -0.0726. The molecule has 2 N–H and O–H groups in total. The number of likely N-dealkylation sites (tertiary alicyclic amines) is 1. The number of fused-ring (bicyclic) bond motifs is 1. The zero-order valence-corrected chi connectivity index (χ0v) is 18.9. The van der Waals surface area contributed by atoms with Gasteiger partial charge in [-0.25, -0.2) is 4.98 Å². The summed E-state index contributed by atoms with van der Waals surface area (Å²) in [5, 5.41) is 4.89. The van der Waals surface area contributed by atoms with Gasteiger partial charge in [0.25, 0.3) is 11.8 Å². The van der Waals surface area contributed by atoms with Gasteiger partial charge in [0, 0.05) is 42.9 Å². The Kier molecular flexibility index (Phi) is 6.65. The van der Waals surface area contributed by atoms with Gasteiger partial charge in [0.1, 0.15) is 10.6 Å². The standard InChI is InChI=1S/C23H29N5O2S/c1-15-21(31-16(2)26-15)23(30)28-11-7-17(8-12-28)5-3-4-9-25-22(29)20-13-18-14-24-10-6-19(18)27-20/h6,10,13-14,17,27H,3-5,7-9,11-12H2,1-2H3,(H,25,29). The summed E-state index contributed by atoms with van der Waals surface area (Å²) in [6, 6.07) is 3.70. The Labute approximate surface area is 186 Å². The molecule has 1 fully saturated rings. The van der Waals surface area contributed by atoms with Crippen LogP contribution >= 0.6 is 11.3 Å². The molecule has 3 aromatic heterocycles. The zero-order chi connectivity index (χ0) is 21.8. The predicted octanol–water partition coefficient (Wildman–Crippen LogP) is 4.09. The Bertz CT molecular complexity index is 1030. The minimum absolute atomic E-state index is 0.0726. The smallest absolute Gasteiger partial charge is 0.267 e. The Morgan fingerprint density at radius 1 is 1.26 bits per heavy atom. The van der Waals surface area contributed by atoms with Crippen molar-refractivity contribution in [2.24, 2.45) is 5.92 Å². The van der Waals surface area contributed by atoms with Crippen LogP contribution in [0.5, 0.6) is 0 Å². The van der Waals surface area contributed by atoms with E-state index in [0.29, 0.717) is 18.2 Å². The number of rotatable bonds is 7. The molecule has 2 amide bonds. The van der Waals surface area contributed by atoms with Crippen LogP contribution in [0.2, 0.25) is 0 Å². The number of nitrogens with zero attached hydrogens (tertiary/aromatic N) is 3. The number of piperidine rings is 1. The highest BCUT2D eigenvalue weighted by atomic mass is 32.1. The summed E-state index contributed by atoms with van der Waals surface area (Å²) in [6.07, 6.45) is 8.77. The number of aryl methyl sites for hydroxylation is 2. The topological polar surface area (TPSA) is 91.0 Å². The number of thiazole rings is 1. The lowest BCUT2D eigenvalue weighted by Crippen LogP contribution is -2.38. The molecule has 0 bridgehead atoms. The van der Waals surface area contributed by atoms with Gasteiger partial charge >= 0.3 is 0 Å². The fourth-order valence-electron chi connectivity index (χ4n) is 4.25. The Morgan fingerprint density at radius 2 is 2.06 bits per heavy atom. The molecule has 8 heteroatoms. The number of carbonyl (C=O) groups excluding carboxylic acids is 2. The molecule has 3 aromatic rings. The maximum Gasteiger partial charge on any atom is 0.267 e. The highest BCUT2D eigenvalue weighted by Crippen LogP contribution is 2.26. The molecule has 1 aliphatic rings. The molecule has 1 aliphatic heterocycles. The van der Waals surface area contributed by atoms with Crippen LogP contribution in [0.4, 0.5) is 0 Å². The number of amides is 2. The first-order chi connectivity index (χ1) is 15.0. The maximum atomic E-state index is 12.7. The largest absolute Gasteiger partial charge is 0.351 e. The van der Waals surface area contributed by atoms with Crippen molar-refractivity contribution in [3.8, 4) is 0 Å². The summed E-state index contributed by atoms with van der Waals surface area (Å²) in [6.45, 7) is 6.18. The molecule has 7 nitrogen and oxygen atoms in total. The number of unbranched alkanes of at least 4 members (excludes halogenated alkanes) is 1. The molecule has 31 heavy (non-hydrogen) atoms. The number of hydrogen-bond donors (Lipinski definition) is 2. The van der Waals surface area contributed by atoms with E-state index in [9.17, 15) is 9.59 Å². The van der Waals surface area contributed by atoms with Gasteiger partial charge < -0.3 is 15.2 Å². The van der Waals surface area contributed by atoms with Crippen molar-refractivity contribution in [1.82, 2.24) is 25.2 Å². The van der Waals surface area contributed by atoms with E-state index < -0.39 is 0 Å².